The zero-order chi connectivity index (χ0) is 32.8. The highest BCUT2D eigenvalue weighted by Crippen LogP contribution is 2.54. The van der Waals surface area contributed by atoms with Gasteiger partial charge in [-0.25, -0.2) is 4.39 Å². The lowest BCUT2D eigenvalue weighted by atomic mass is 9.83. The summed E-state index contributed by atoms with van der Waals surface area (Å²) < 4.78 is 60.3. The van der Waals surface area contributed by atoms with Crippen molar-refractivity contribution in [3.05, 3.63) is 70.1 Å². The van der Waals surface area contributed by atoms with E-state index >= 15 is 0 Å². The number of oxime groups is 1. The first kappa shape index (κ1) is 30.4. The smallest absolute Gasteiger partial charge is 0.419 e. The Kier molecular flexibility index (Phi) is 7.16. The summed E-state index contributed by atoms with van der Waals surface area (Å²) in [4.78, 5) is 33.7. The lowest BCUT2D eigenvalue weighted by molar-refractivity contribution is -0.140. The third-order valence-electron chi connectivity index (χ3n) is 10.7. The second-order valence-corrected chi connectivity index (χ2v) is 14.0. The summed E-state index contributed by atoms with van der Waals surface area (Å²) >= 11 is 0. The molecule has 2 aromatic carbocycles. The minimum Gasteiger partial charge on any atom is -0.489 e. The molecule has 4 unspecified atom stereocenters. The van der Waals surface area contributed by atoms with Gasteiger partial charge in [0.2, 0.25) is 5.91 Å². The highest BCUT2D eigenvalue weighted by atomic mass is 19.4. The number of carbonyl (C=O) groups is 2. The van der Waals surface area contributed by atoms with Crippen LogP contribution in [0, 0.1) is 35.4 Å². The van der Waals surface area contributed by atoms with E-state index in [9.17, 15) is 32.3 Å². The number of benzene rings is 2. The molecule has 0 aromatic heterocycles. The van der Waals surface area contributed by atoms with Crippen LogP contribution in [0.3, 0.4) is 0 Å². The van der Waals surface area contributed by atoms with Crippen LogP contribution in [-0.2, 0) is 22.2 Å². The Labute approximate surface area is 268 Å². The van der Waals surface area contributed by atoms with E-state index in [1.54, 1.807) is 6.07 Å². The van der Waals surface area contributed by atoms with Crippen molar-refractivity contribution < 1.29 is 41.8 Å². The van der Waals surface area contributed by atoms with Crippen LogP contribution < -0.4 is 15.4 Å². The largest absolute Gasteiger partial charge is 0.489 e. The van der Waals surface area contributed by atoms with E-state index in [1.807, 2.05) is 13.0 Å². The average Bonchev–Trinajstić information content (AvgIpc) is 3.27. The van der Waals surface area contributed by atoms with Crippen molar-refractivity contribution in [1.82, 2.24) is 5.32 Å². The summed E-state index contributed by atoms with van der Waals surface area (Å²) in [6.45, 7) is 1.92. The Morgan fingerprint density at radius 2 is 1.83 bits per heavy atom. The van der Waals surface area contributed by atoms with Crippen LogP contribution >= 0.6 is 0 Å². The summed E-state index contributed by atoms with van der Waals surface area (Å²) in [5, 5.41) is 20.3. The summed E-state index contributed by atoms with van der Waals surface area (Å²) in [6, 6.07) is 5.51. The van der Waals surface area contributed by atoms with Crippen LogP contribution in [0.15, 0.2) is 47.1 Å². The molecule has 4 saturated carbocycles. The molecule has 8 atom stereocenters. The molecule has 248 valence electrons. The maximum atomic E-state index is 14.2. The van der Waals surface area contributed by atoms with Crippen molar-refractivity contribution in [2.45, 2.75) is 82.4 Å². The normalized spacial score (nSPS) is 32.9. The van der Waals surface area contributed by atoms with Gasteiger partial charge in [-0.1, -0.05) is 16.8 Å². The Hall–Kier alpha value is -3.93. The highest BCUT2D eigenvalue weighted by Gasteiger charge is 2.55. The van der Waals surface area contributed by atoms with Crippen LogP contribution in [0.4, 0.5) is 23.2 Å². The molecule has 2 heterocycles. The average molecular weight is 654 g/mol. The van der Waals surface area contributed by atoms with Crippen molar-refractivity contribution in [2.75, 3.05) is 5.32 Å². The summed E-state index contributed by atoms with van der Waals surface area (Å²) in [6.07, 6.45) is 1.70. The molecule has 3 N–H and O–H groups in total. The number of ether oxygens (including phenoxy) is 1. The van der Waals surface area contributed by atoms with Crippen molar-refractivity contribution in [1.29, 1.82) is 0 Å². The Balaban J connectivity index is 1.10. The second-order valence-electron chi connectivity index (χ2n) is 14.0. The highest BCUT2D eigenvalue weighted by molar-refractivity contribution is 6.07. The molecule has 2 aromatic rings. The van der Waals surface area contributed by atoms with Gasteiger partial charge in [-0.3, -0.25) is 9.59 Å². The molecule has 0 saturated heterocycles. The fourth-order valence-electron chi connectivity index (χ4n) is 8.52. The molecule has 8 nitrogen and oxygen atoms in total. The number of hydrogen-bond acceptors (Lipinski definition) is 6. The minimum absolute atomic E-state index is 0.0863. The monoisotopic (exact) mass is 653 g/mol. The molecule has 47 heavy (non-hydrogen) atoms. The Morgan fingerprint density at radius 1 is 1.04 bits per heavy atom. The Bertz CT molecular complexity index is 1720. The first-order valence-electron chi connectivity index (χ1n) is 16.4. The van der Waals surface area contributed by atoms with E-state index in [4.69, 9.17) is 9.57 Å². The molecule has 4 fully saturated rings. The summed E-state index contributed by atoms with van der Waals surface area (Å²) in [5.41, 5.74) is 2.09. The number of allylic oxidation sites excluding steroid dienone is 1. The van der Waals surface area contributed by atoms with E-state index in [0.29, 0.717) is 54.3 Å². The van der Waals surface area contributed by atoms with Crippen LogP contribution in [0.2, 0.25) is 0 Å². The van der Waals surface area contributed by atoms with Crippen molar-refractivity contribution in [3.63, 3.8) is 0 Å². The molecule has 8 rings (SSSR count). The number of rotatable bonds is 6. The molecular weight excluding hydrogens is 618 g/mol. The van der Waals surface area contributed by atoms with Crippen molar-refractivity contribution in [3.8, 4) is 5.75 Å². The maximum absolute atomic E-state index is 14.2. The number of halogens is 4. The van der Waals surface area contributed by atoms with Gasteiger partial charge in [0.15, 0.2) is 0 Å². The SMILES string of the molecule is CC1Cc2cc(C3=NOC4CC(O)CC34)cc(C(=O)N[C@H]3[C@@H](C(=O)Nc4ccc(F)c(C(F)(F)F)c4)[C@H]4CC[C@@H]3/C4=C\C3CC3)c2O1. The first-order chi connectivity index (χ1) is 22.4. The topological polar surface area (TPSA) is 109 Å². The minimum atomic E-state index is -4.92. The van der Waals surface area contributed by atoms with E-state index in [2.05, 4.69) is 21.9 Å². The van der Waals surface area contributed by atoms with Gasteiger partial charge >= 0.3 is 6.18 Å². The molecular formula is C35H35F4N3O5. The van der Waals surface area contributed by atoms with Crippen LogP contribution in [0.5, 0.6) is 5.75 Å². The van der Waals surface area contributed by atoms with Gasteiger partial charge in [0.25, 0.3) is 5.91 Å². The van der Waals surface area contributed by atoms with Crippen LogP contribution in [-0.4, -0.2) is 47.0 Å². The maximum Gasteiger partial charge on any atom is 0.419 e. The standard InChI is InChI=1S/C35H35F4N3O5/c1-15-8-18-10-17(30-24-13-20(43)14-28(24)47-42-30)11-25(32(18)46-15)33(44)41-31-22-6-5-21(23(22)9-16-2-3-16)29(31)34(45)40-19-4-7-27(36)26(12-19)35(37,38)39/h4,7,9-12,15-16,20-22,24,28-29,31,43H,2-3,5-6,8,13-14H2,1H3,(H,40,45)(H,41,44)/b23-9-/t15?,20?,21-,22+,24?,28?,29-,31+/m0/s1. The first-order valence-corrected chi connectivity index (χ1v) is 16.4. The molecule has 4 aliphatic carbocycles. The molecule has 0 spiro atoms. The lowest BCUT2D eigenvalue weighted by Crippen LogP contribution is -2.48. The van der Waals surface area contributed by atoms with Gasteiger partial charge in [-0.05, 0) is 86.8 Å². The number of alkyl halides is 3. The third-order valence-corrected chi connectivity index (χ3v) is 10.7. The third kappa shape index (κ3) is 5.38. The van der Waals surface area contributed by atoms with Gasteiger partial charge in [0.1, 0.15) is 23.8 Å². The number of aliphatic hydroxyl groups excluding tert-OH is 1. The molecule has 2 amide bonds. The van der Waals surface area contributed by atoms with Crippen LogP contribution in [0.1, 0.15) is 72.5 Å². The summed E-state index contributed by atoms with van der Waals surface area (Å²) in [7, 11) is 0. The van der Waals surface area contributed by atoms with E-state index in [1.165, 1.54) is 0 Å². The second kappa shape index (κ2) is 11.1. The lowest BCUT2D eigenvalue weighted by Gasteiger charge is -2.30. The van der Waals surface area contributed by atoms with E-state index in [-0.39, 0.29) is 35.6 Å². The summed E-state index contributed by atoms with van der Waals surface area (Å²) in [5.74, 6) is -2.52. The molecule has 6 aliphatic rings. The van der Waals surface area contributed by atoms with Gasteiger partial charge in [-0.15, -0.1) is 0 Å². The zero-order valence-electron chi connectivity index (χ0n) is 25.6. The number of carbonyl (C=O) groups excluding carboxylic acids is 2. The number of nitrogens with one attached hydrogen (secondary N) is 2. The number of anilines is 1. The number of fused-ring (bicyclic) bond motifs is 4. The number of amides is 2. The number of nitrogens with zero attached hydrogens (tertiary/aromatic N) is 1. The van der Waals surface area contributed by atoms with Crippen molar-refractivity contribution >= 4 is 23.2 Å². The van der Waals surface area contributed by atoms with Crippen molar-refractivity contribution in [2.24, 2.45) is 34.7 Å². The fraction of sp³-hybridized carbons (Fsp3) is 0.514. The van der Waals surface area contributed by atoms with Gasteiger partial charge in [0, 0.05) is 42.0 Å². The van der Waals surface area contributed by atoms with Gasteiger partial charge in [-0.2, -0.15) is 13.2 Å². The van der Waals surface area contributed by atoms with Gasteiger partial charge in [0.05, 0.1) is 28.9 Å². The molecule has 12 heteroatoms. The number of aliphatic hydroxyl groups is 1. The fourth-order valence-corrected chi connectivity index (χ4v) is 8.52. The van der Waals surface area contributed by atoms with E-state index < -0.39 is 47.4 Å². The molecule has 2 aliphatic heterocycles. The molecule has 0 radical (unpaired) electrons. The predicted octanol–water partition coefficient (Wildman–Crippen LogP) is 5.77. The van der Waals surface area contributed by atoms with Crippen LogP contribution in [0.25, 0.3) is 0 Å². The quantitative estimate of drug-likeness (QED) is 0.271. The Morgan fingerprint density at radius 3 is 2.60 bits per heavy atom. The zero-order valence-corrected chi connectivity index (χ0v) is 25.6. The number of hydrogen-bond donors (Lipinski definition) is 3. The molecule has 2 bridgehead atoms. The predicted molar refractivity (Wildman–Crippen MR) is 162 cm³/mol. The van der Waals surface area contributed by atoms with E-state index in [0.717, 1.165) is 48.4 Å². The van der Waals surface area contributed by atoms with Gasteiger partial charge < -0.3 is 25.3 Å².